The van der Waals surface area contributed by atoms with Gasteiger partial charge in [-0.05, 0) is 66.9 Å². The summed E-state index contributed by atoms with van der Waals surface area (Å²) in [6, 6.07) is 21.7. The fraction of sp³-hybridized carbons (Fsp3) is 0.222. The predicted molar refractivity (Wildman–Crippen MR) is 124 cm³/mol. The van der Waals surface area contributed by atoms with Gasteiger partial charge in [0.1, 0.15) is 11.5 Å². The van der Waals surface area contributed by atoms with E-state index >= 15 is 0 Å². The van der Waals surface area contributed by atoms with E-state index in [0.717, 1.165) is 24.8 Å². The minimum absolute atomic E-state index is 0.246. The van der Waals surface area contributed by atoms with Gasteiger partial charge in [0.15, 0.2) is 0 Å². The van der Waals surface area contributed by atoms with Crippen molar-refractivity contribution in [3.05, 3.63) is 95.6 Å². The van der Waals surface area contributed by atoms with Gasteiger partial charge in [-0.1, -0.05) is 49.6 Å². The second kappa shape index (κ2) is 10.3. The molecule has 1 amide bonds. The molecule has 174 valence electrons. The molecule has 3 aromatic carbocycles. The summed E-state index contributed by atoms with van der Waals surface area (Å²) in [5, 5.41) is 8.75. The average molecular weight is 459 g/mol. The summed E-state index contributed by atoms with van der Waals surface area (Å²) in [4.78, 5) is 37.2. The number of carbonyl (C=O) groups excluding carboxylic acids is 3. The highest BCUT2D eigenvalue weighted by atomic mass is 16.5. The van der Waals surface area contributed by atoms with Gasteiger partial charge in [0, 0.05) is 5.56 Å². The molecule has 0 unspecified atom stereocenters. The Morgan fingerprint density at radius 3 is 1.91 bits per heavy atom. The molecule has 4 rings (SSSR count). The number of esters is 2. The monoisotopic (exact) mass is 459 g/mol. The number of rotatable bonds is 6. The van der Waals surface area contributed by atoms with Crippen LogP contribution in [-0.2, 0) is 10.2 Å². The minimum Gasteiger partial charge on any atom is -0.426 e. The lowest BCUT2D eigenvalue weighted by molar-refractivity contribution is -0.142. The van der Waals surface area contributed by atoms with Gasteiger partial charge in [0.25, 0.3) is 5.91 Å². The molecule has 1 fully saturated rings. The zero-order valence-electron chi connectivity index (χ0n) is 18.5. The standard InChI is InChI=1S/C27H25NO6/c29-24(28-32)19-9-13-23(14-10-19)34-26(31)27(17-5-2-6-18-27)21-11-15-22(16-12-21)33-25(30)20-7-3-1-4-8-20/h1,3-4,7-16,32H,2,5-6,17-18H2,(H,28,29). The van der Waals surface area contributed by atoms with Gasteiger partial charge >= 0.3 is 11.9 Å². The van der Waals surface area contributed by atoms with Crippen LogP contribution in [0.1, 0.15) is 58.4 Å². The third kappa shape index (κ3) is 5.00. The normalized spacial score (nSPS) is 14.6. The van der Waals surface area contributed by atoms with Crippen molar-refractivity contribution >= 4 is 17.8 Å². The average Bonchev–Trinajstić information content (AvgIpc) is 2.90. The molecule has 1 aliphatic rings. The Hall–Kier alpha value is -3.97. The lowest BCUT2D eigenvalue weighted by Gasteiger charge is -2.35. The van der Waals surface area contributed by atoms with Crippen LogP contribution in [0.25, 0.3) is 0 Å². The molecule has 7 heteroatoms. The fourth-order valence-electron chi connectivity index (χ4n) is 4.29. The van der Waals surface area contributed by atoms with Crippen LogP contribution in [0.4, 0.5) is 0 Å². The molecule has 0 aliphatic heterocycles. The second-order valence-electron chi connectivity index (χ2n) is 8.28. The minimum atomic E-state index is -0.804. The summed E-state index contributed by atoms with van der Waals surface area (Å²) in [6.07, 6.45) is 4.15. The molecule has 0 aromatic heterocycles. The van der Waals surface area contributed by atoms with E-state index in [1.54, 1.807) is 41.9 Å². The zero-order chi connectivity index (χ0) is 24.0. The van der Waals surface area contributed by atoms with Crippen molar-refractivity contribution in [1.29, 1.82) is 0 Å². The van der Waals surface area contributed by atoms with E-state index in [-0.39, 0.29) is 11.5 Å². The first-order valence-electron chi connectivity index (χ1n) is 11.2. The number of benzene rings is 3. The second-order valence-corrected chi connectivity index (χ2v) is 8.28. The molecule has 0 bridgehead atoms. The van der Waals surface area contributed by atoms with Crippen molar-refractivity contribution in [2.45, 2.75) is 37.5 Å². The van der Waals surface area contributed by atoms with Crippen molar-refractivity contribution in [2.75, 3.05) is 0 Å². The Kier molecular flexibility index (Phi) is 7.04. The van der Waals surface area contributed by atoms with E-state index in [4.69, 9.17) is 14.7 Å². The summed E-state index contributed by atoms with van der Waals surface area (Å²) < 4.78 is 11.2. The van der Waals surface area contributed by atoms with Crippen LogP contribution >= 0.6 is 0 Å². The summed E-state index contributed by atoms with van der Waals surface area (Å²) in [5.41, 5.74) is 2.28. The van der Waals surface area contributed by atoms with Gasteiger partial charge in [-0.3, -0.25) is 14.8 Å². The highest BCUT2D eigenvalue weighted by Crippen LogP contribution is 2.41. The number of hydroxylamine groups is 1. The van der Waals surface area contributed by atoms with E-state index in [9.17, 15) is 14.4 Å². The number of amides is 1. The van der Waals surface area contributed by atoms with Gasteiger partial charge in [-0.2, -0.15) is 0 Å². The lowest BCUT2D eigenvalue weighted by atomic mass is 9.69. The summed E-state index contributed by atoms with van der Waals surface area (Å²) in [6.45, 7) is 0. The molecular formula is C27H25NO6. The number of nitrogens with one attached hydrogen (secondary N) is 1. The topological polar surface area (TPSA) is 102 Å². The van der Waals surface area contributed by atoms with E-state index in [2.05, 4.69) is 0 Å². The molecule has 0 saturated heterocycles. The molecule has 1 saturated carbocycles. The molecule has 0 spiro atoms. The van der Waals surface area contributed by atoms with Crippen LogP contribution in [0.15, 0.2) is 78.9 Å². The van der Waals surface area contributed by atoms with Crippen LogP contribution in [0.2, 0.25) is 0 Å². The molecule has 7 nitrogen and oxygen atoms in total. The van der Waals surface area contributed by atoms with E-state index in [1.165, 1.54) is 24.3 Å². The maximum absolute atomic E-state index is 13.4. The molecular weight excluding hydrogens is 434 g/mol. The smallest absolute Gasteiger partial charge is 0.343 e. The molecule has 0 atom stereocenters. The van der Waals surface area contributed by atoms with Crippen LogP contribution in [0.3, 0.4) is 0 Å². The number of carbonyl (C=O) groups is 3. The third-order valence-electron chi connectivity index (χ3n) is 6.15. The quantitative estimate of drug-likeness (QED) is 0.237. The Morgan fingerprint density at radius 2 is 1.29 bits per heavy atom. The van der Waals surface area contributed by atoms with Gasteiger partial charge in [0.2, 0.25) is 0 Å². The lowest BCUT2D eigenvalue weighted by Crippen LogP contribution is -2.41. The van der Waals surface area contributed by atoms with E-state index in [1.807, 2.05) is 18.2 Å². The maximum atomic E-state index is 13.4. The van der Waals surface area contributed by atoms with Crippen molar-refractivity contribution in [3.8, 4) is 11.5 Å². The molecule has 2 N–H and O–H groups in total. The van der Waals surface area contributed by atoms with E-state index in [0.29, 0.717) is 29.9 Å². The van der Waals surface area contributed by atoms with Gasteiger partial charge in [-0.15, -0.1) is 0 Å². The maximum Gasteiger partial charge on any atom is 0.343 e. The number of ether oxygens (including phenoxy) is 2. The highest BCUT2D eigenvalue weighted by Gasteiger charge is 2.43. The van der Waals surface area contributed by atoms with Crippen molar-refractivity contribution in [1.82, 2.24) is 5.48 Å². The summed E-state index contributed by atoms with van der Waals surface area (Å²) in [7, 11) is 0. The van der Waals surface area contributed by atoms with Gasteiger partial charge in [0.05, 0.1) is 11.0 Å². The van der Waals surface area contributed by atoms with Crippen molar-refractivity contribution in [3.63, 3.8) is 0 Å². The Labute approximate surface area is 197 Å². The molecule has 0 heterocycles. The molecule has 0 radical (unpaired) electrons. The SMILES string of the molecule is O=C(NO)c1ccc(OC(=O)C2(c3ccc(OC(=O)c4ccccc4)cc3)CCCCC2)cc1. The number of hydrogen-bond acceptors (Lipinski definition) is 6. The molecule has 3 aromatic rings. The fourth-order valence-corrected chi connectivity index (χ4v) is 4.29. The van der Waals surface area contributed by atoms with Crippen LogP contribution < -0.4 is 15.0 Å². The third-order valence-corrected chi connectivity index (χ3v) is 6.15. The first-order chi connectivity index (χ1) is 16.5. The van der Waals surface area contributed by atoms with Crippen LogP contribution in [-0.4, -0.2) is 23.1 Å². The summed E-state index contributed by atoms with van der Waals surface area (Å²) >= 11 is 0. The Bertz CT molecular complexity index is 1150. The predicted octanol–water partition coefficient (Wildman–Crippen LogP) is 4.83. The highest BCUT2D eigenvalue weighted by molar-refractivity contribution is 5.93. The van der Waals surface area contributed by atoms with Crippen LogP contribution in [0, 0.1) is 0 Å². The molecule has 34 heavy (non-hydrogen) atoms. The Balaban J connectivity index is 1.52. The first kappa shape index (κ1) is 23.2. The van der Waals surface area contributed by atoms with Crippen molar-refractivity contribution < 1.29 is 29.1 Å². The van der Waals surface area contributed by atoms with Crippen LogP contribution in [0.5, 0.6) is 11.5 Å². The largest absolute Gasteiger partial charge is 0.426 e. The first-order valence-corrected chi connectivity index (χ1v) is 11.2. The zero-order valence-corrected chi connectivity index (χ0v) is 18.5. The van der Waals surface area contributed by atoms with Gasteiger partial charge < -0.3 is 9.47 Å². The van der Waals surface area contributed by atoms with Crippen molar-refractivity contribution in [2.24, 2.45) is 0 Å². The molecule has 1 aliphatic carbocycles. The van der Waals surface area contributed by atoms with Gasteiger partial charge in [-0.25, -0.2) is 10.3 Å². The number of hydrogen-bond donors (Lipinski definition) is 2. The Morgan fingerprint density at radius 1 is 0.706 bits per heavy atom. The summed E-state index contributed by atoms with van der Waals surface area (Å²) in [5.74, 6) is -0.735. The van der Waals surface area contributed by atoms with E-state index < -0.39 is 17.3 Å².